The number of nitrogens with two attached hydrogens (primary N) is 1. The fourth-order valence-electron chi connectivity index (χ4n) is 2.32. The molecule has 3 rings (SSSR count). The Morgan fingerprint density at radius 3 is 3.00 bits per heavy atom. The molecule has 0 aliphatic carbocycles. The maximum atomic E-state index is 5.76. The van der Waals surface area contributed by atoms with E-state index in [0.29, 0.717) is 0 Å². The Morgan fingerprint density at radius 2 is 2.17 bits per heavy atom. The highest BCUT2D eigenvalue weighted by Crippen LogP contribution is 2.25. The maximum Gasteiger partial charge on any atom is 0.166 e. The molecule has 0 bridgehead atoms. The molecule has 1 aromatic carbocycles. The monoisotopic (exact) mass is 262 g/mol. The van der Waals surface area contributed by atoms with Crippen LogP contribution in [0.5, 0.6) is 0 Å². The summed E-state index contributed by atoms with van der Waals surface area (Å²) in [6.45, 7) is 2.31. The topological polar surface area (TPSA) is 66.7 Å². The number of nitrogens with zero attached hydrogens (tertiary/aromatic N) is 1. The molecule has 1 aliphatic rings. The molecule has 0 spiro atoms. The number of fused-ring (bicyclic) bond motifs is 1. The summed E-state index contributed by atoms with van der Waals surface area (Å²) in [6.07, 6.45) is 2.56. The highest BCUT2D eigenvalue weighted by Gasteiger charge is 2.14. The molecule has 18 heavy (non-hydrogen) atoms. The molecule has 0 radical (unpaired) electrons. The minimum Gasteiger partial charge on any atom is -0.399 e. The molecule has 0 unspecified atom stereocenters. The van der Waals surface area contributed by atoms with E-state index >= 15 is 0 Å². The summed E-state index contributed by atoms with van der Waals surface area (Å²) >= 11 is 1.82. The van der Waals surface area contributed by atoms with Gasteiger partial charge in [-0.3, -0.25) is 0 Å². The van der Waals surface area contributed by atoms with Crippen LogP contribution in [0.2, 0.25) is 0 Å². The predicted octanol–water partition coefficient (Wildman–Crippen LogP) is 2.24. The molecule has 4 nitrogen and oxygen atoms in total. The number of imidazole rings is 1. The summed E-state index contributed by atoms with van der Waals surface area (Å²) < 4.78 is 0. The van der Waals surface area contributed by atoms with E-state index in [1.807, 2.05) is 30.0 Å². The van der Waals surface area contributed by atoms with Crippen LogP contribution in [-0.2, 0) is 0 Å². The van der Waals surface area contributed by atoms with Crippen LogP contribution in [0.1, 0.15) is 12.8 Å². The van der Waals surface area contributed by atoms with Crippen LogP contribution in [0.25, 0.3) is 11.0 Å². The number of thioether (sulfide) groups is 1. The van der Waals surface area contributed by atoms with Crippen molar-refractivity contribution in [2.75, 3.05) is 24.6 Å². The van der Waals surface area contributed by atoms with Crippen LogP contribution < -0.4 is 11.1 Å². The number of benzene rings is 1. The van der Waals surface area contributed by atoms with Gasteiger partial charge in [0.25, 0.3) is 0 Å². The Labute approximate surface area is 111 Å². The summed E-state index contributed by atoms with van der Waals surface area (Å²) in [5, 5.41) is 4.40. The summed E-state index contributed by atoms with van der Waals surface area (Å²) in [4.78, 5) is 7.91. The molecule has 1 aliphatic heterocycles. The first-order chi connectivity index (χ1) is 8.81. The van der Waals surface area contributed by atoms with Gasteiger partial charge in [0.1, 0.15) is 0 Å². The summed E-state index contributed by atoms with van der Waals surface area (Å²) in [5.74, 6) is 1.96. The SMILES string of the molecule is Nc1ccc2nc(SCC3CCNCC3)[nH]c2c1. The fourth-order valence-corrected chi connectivity index (χ4v) is 3.39. The Balaban J connectivity index is 1.67. The minimum absolute atomic E-state index is 0.779. The number of nitrogens with one attached hydrogen (secondary N) is 2. The number of hydrogen-bond acceptors (Lipinski definition) is 4. The van der Waals surface area contributed by atoms with Gasteiger partial charge >= 0.3 is 0 Å². The lowest BCUT2D eigenvalue weighted by atomic mass is 10.0. The third-order valence-electron chi connectivity index (χ3n) is 3.40. The molecular formula is C13H18N4S. The molecule has 1 fully saturated rings. The van der Waals surface area contributed by atoms with Crippen molar-refractivity contribution in [1.82, 2.24) is 15.3 Å². The lowest BCUT2D eigenvalue weighted by Crippen LogP contribution is -2.28. The van der Waals surface area contributed by atoms with Gasteiger partial charge in [-0.2, -0.15) is 0 Å². The third-order valence-corrected chi connectivity index (χ3v) is 4.50. The molecule has 0 saturated carbocycles. The third kappa shape index (κ3) is 2.62. The van der Waals surface area contributed by atoms with E-state index in [1.165, 1.54) is 12.8 Å². The quantitative estimate of drug-likeness (QED) is 0.586. The molecule has 2 aromatic rings. The van der Waals surface area contributed by atoms with Gasteiger partial charge in [0.2, 0.25) is 0 Å². The van der Waals surface area contributed by atoms with Crippen LogP contribution in [0, 0.1) is 5.92 Å². The first-order valence-electron chi connectivity index (χ1n) is 6.40. The Kier molecular flexibility index (Phi) is 3.43. The summed E-state index contributed by atoms with van der Waals surface area (Å²) in [6, 6.07) is 5.80. The lowest BCUT2D eigenvalue weighted by Gasteiger charge is -2.21. The second-order valence-electron chi connectivity index (χ2n) is 4.82. The van der Waals surface area contributed by atoms with Gasteiger partial charge in [-0.15, -0.1) is 0 Å². The van der Waals surface area contributed by atoms with Gasteiger partial charge in [-0.05, 0) is 50.0 Å². The van der Waals surface area contributed by atoms with E-state index in [1.54, 1.807) is 0 Å². The van der Waals surface area contributed by atoms with E-state index in [0.717, 1.165) is 46.6 Å². The maximum absolute atomic E-state index is 5.76. The number of H-pyrrole nitrogens is 1. The summed E-state index contributed by atoms with van der Waals surface area (Å²) in [7, 11) is 0. The van der Waals surface area contributed by atoms with Crippen molar-refractivity contribution in [3.05, 3.63) is 18.2 Å². The molecule has 96 valence electrons. The van der Waals surface area contributed by atoms with Crippen molar-refractivity contribution in [3.63, 3.8) is 0 Å². The van der Waals surface area contributed by atoms with Gasteiger partial charge in [0, 0.05) is 11.4 Å². The Bertz CT molecular complexity index is 531. The van der Waals surface area contributed by atoms with Gasteiger partial charge in [-0.1, -0.05) is 11.8 Å². The Morgan fingerprint density at radius 1 is 1.33 bits per heavy atom. The lowest BCUT2D eigenvalue weighted by molar-refractivity contribution is 0.407. The second kappa shape index (κ2) is 5.20. The van der Waals surface area contributed by atoms with Gasteiger partial charge in [-0.25, -0.2) is 4.98 Å². The molecule has 1 aromatic heterocycles. The zero-order chi connectivity index (χ0) is 12.4. The largest absolute Gasteiger partial charge is 0.399 e. The summed E-state index contributed by atoms with van der Waals surface area (Å²) in [5.41, 5.74) is 8.57. The van der Waals surface area contributed by atoms with Crippen molar-refractivity contribution >= 4 is 28.5 Å². The average Bonchev–Trinajstić information content (AvgIpc) is 2.79. The van der Waals surface area contributed by atoms with Crippen LogP contribution >= 0.6 is 11.8 Å². The number of hydrogen-bond donors (Lipinski definition) is 3. The highest BCUT2D eigenvalue weighted by molar-refractivity contribution is 7.99. The van der Waals surface area contributed by atoms with E-state index in [2.05, 4.69) is 15.3 Å². The van der Waals surface area contributed by atoms with E-state index in [-0.39, 0.29) is 0 Å². The standard InChI is InChI=1S/C13H18N4S/c14-10-1-2-11-12(7-10)17-13(16-11)18-8-9-3-5-15-6-4-9/h1-2,7,9,15H,3-6,8,14H2,(H,16,17). The molecule has 5 heteroatoms. The minimum atomic E-state index is 0.779. The predicted molar refractivity (Wildman–Crippen MR) is 76.8 cm³/mol. The molecular weight excluding hydrogens is 244 g/mol. The number of anilines is 1. The van der Waals surface area contributed by atoms with Crippen molar-refractivity contribution in [2.24, 2.45) is 5.92 Å². The van der Waals surface area contributed by atoms with Crippen molar-refractivity contribution in [3.8, 4) is 0 Å². The van der Waals surface area contributed by atoms with Gasteiger partial charge in [0.15, 0.2) is 5.16 Å². The molecule has 1 saturated heterocycles. The van der Waals surface area contributed by atoms with Crippen molar-refractivity contribution < 1.29 is 0 Å². The molecule has 0 amide bonds. The van der Waals surface area contributed by atoms with E-state index < -0.39 is 0 Å². The number of piperidine rings is 1. The van der Waals surface area contributed by atoms with Crippen LogP contribution in [0.15, 0.2) is 23.4 Å². The number of aromatic nitrogens is 2. The van der Waals surface area contributed by atoms with E-state index in [9.17, 15) is 0 Å². The van der Waals surface area contributed by atoms with Gasteiger partial charge in [0.05, 0.1) is 11.0 Å². The van der Waals surface area contributed by atoms with Crippen molar-refractivity contribution in [1.29, 1.82) is 0 Å². The molecule has 4 N–H and O–H groups in total. The molecule has 2 heterocycles. The molecule has 0 atom stereocenters. The number of rotatable bonds is 3. The number of nitrogen functional groups attached to an aromatic ring is 1. The Hall–Kier alpha value is -1.20. The average molecular weight is 262 g/mol. The van der Waals surface area contributed by atoms with Crippen molar-refractivity contribution in [2.45, 2.75) is 18.0 Å². The van der Waals surface area contributed by atoms with Crippen LogP contribution in [0.4, 0.5) is 5.69 Å². The first kappa shape index (κ1) is 11.9. The number of aromatic amines is 1. The smallest absolute Gasteiger partial charge is 0.166 e. The van der Waals surface area contributed by atoms with Gasteiger partial charge < -0.3 is 16.0 Å². The highest BCUT2D eigenvalue weighted by atomic mass is 32.2. The second-order valence-corrected chi connectivity index (χ2v) is 5.83. The van der Waals surface area contributed by atoms with Crippen LogP contribution in [-0.4, -0.2) is 28.8 Å². The fraction of sp³-hybridized carbons (Fsp3) is 0.462. The van der Waals surface area contributed by atoms with Crippen LogP contribution in [0.3, 0.4) is 0 Å². The zero-order valence-electron chi connectivity index (χ0n) is 10.3. The normalized spacial score (nSPS) is 17.3. The first-order valence-corrected chi connectivity index (χ1v) is 7.38. The van der Waals surface area contributed by atoms with E-state index in [4.69, 9.17) is 5.73 Å². The zero-order valence-corrected chi connectivity index (χ0v) is 11.1.